The van der Waals surface area contributed by atoms with Crippen molar-refractivity contribution in [3.8, 4) is 0 Å². The summed E-state index contributed by atoms with van der Waals surface area (Å²) in [6, 6.07) is 3.21. The van der Waals surface area contributed by atoms with Crippen LogP contribution in [0.1, 0.15) is 55.8 Å². The van der Waals surface area contributed by atoms with Gasteiger partial charge >= 0.3 is 5.97 Å². The highest BCUT2D eigenvalue weighted by Gasteiger charge is 2.09. The van der Waals surface area contributed by atoms with Crippen molar-refractivity contribution < 1.29 is 9.90 Å². The monoisotopic (exact) mass is 250 g/mol. The molecule has 0 aliphatic rings. The second-order valence-corrected chi connectivity index (χ2v) is 4.40. The second kappa shape index (κ2) is 8.50. The van der Waals surface area contributed by atoms with Gasteiger partial charge in [0.1, 0.15) is 11.4 Å². The molecule has 0 aromatic carbocycles. The molecule has 1 aromatic heterocycles. The quantitative estimate of drug-likeness (QED) is 0.658. The van der Waals surface area contributed by atoms with Gasteiger partial charge in [0.05, 0.1) is 0 Å². The first-order valence-electron chi connectivity index (χ1n) is 6.68. The zero-order valence-electron chi connectivity index (χ0n) is 11.0. The molecule has 4 nitrogen and oxygen atoms in total. The Bertz CT molecular complexity index is 367. The van der Waals surface area contributed by atoms with Crippen molar-refractivity contribution in [2.75, 3.05) is 11.9 Å². The van der Waals surface area contributed by atoms with E-state index < -0.39 is 5.97 Å². The van der Waals surface area contributed by atoms with Crippen molar-refractivity contribution >= 4 is 11.8 Å². The van der Waals surface area contributed by atoms with E-state index in [2.05, 4.69) is 17.2 Å². The largest absolute Gasteiger partial charge is 0.478 e. The molecule has 1 heterocycles. The average Bonchev–Trinajstić information content (AvgIpc) is 2.38. The highest BCUT2D eigenvalue weighted by molar-refractivity contribution is 5.92. The Kier molecular flexibility index (Phi) is 6.84. The topological polar surface area (TPSA) is 62.2 Å². The maximum Gasteiger partial charge on any atom is 0.339 e. The zero-order valence-corrected chi connectivity index (χ0v) is 11.0. The number of aromatic nitrogens is 1. The number of nitrogens with zero attached hydrogens (tertiary/aromatic N) is 1. The number of hydrogen-bond donors (Lipinski definition) is 2. The summed E-state index contributed by atoms with van der Waals surface area (Å²) in [7, 11) is 0. The molecule has 1 aromatic rings. The van der Waals surface area contributed by atoms with Gasteiger partial charge in [0.2, 0.25) is 0 Å². The van der Waals surface area contributed by atoms with Crippen molar-refractivity contribution in [1.82, 2.24) is 4.98 Å². The maximum atomic E-state index is 10.9. The molecule has 1 rings (SSSR count). The molecule has 0 saturated heterocycles. The Morgan fingerprint density at radius 2 is 2.00 bits per heavy atom. The number of aromatic carboxylic acids is 1. The van der Waals surface area contributed by atoms with Crippen LogP contribution in [-0.4, -0.2) is 22.6 Å². The first-order chi connectivity index (χ1) is 8.75. The summed E-state index contributed by atoms with van der Waals surface area (Å²) in [6.45, 7) is 2.99. The minimum atomic E-state index is -0.937. The van der Waals surface area contributed by atoms with Gasteiger partial charge in [0.15, 0.2) is 0 Å². The lowest BCUT2D eigenvalue weighted by atomic mass is 10.1. The molecule has 0 unspecified atom stereocenters. The van der Waals surface area contributed by atoms with Crippen LogP contribution in [0, 0.1) is 0 Å². The molecular weight excluding hydrogens is 228 g/mol. The highest BCUT2D eigenvalue weighted by Crippen LogP contribution is 2.12. The van der Waals surface area contributed by atoms with Crippen LogP contribution in [0.5, 0.6) is 0 Å². The fraction of sp³-hybridized carbons (Fsp3) is 0.571. The predicted molar refractivity (Wildman–Crippen MR) is 73.1 cm³/mol. The lowest BCUT2D eigenvalue weighted by Gasteiger charge is -2.07. The van der Waals surface area contributed by atoms with Gasteiger partial charge in [0, 0.05) is 12.7 Å². The van der Waals surface area contributed by atoms with E-state index in [4.69, 9.17) is 5.11 Å². The normalized spacial score (nSPS) is 10.3. The van der Waals surface area contributed by atoms with Crippen LogP contribution < -0.4 is 5.32 Å². The van der Waals surface area contributed by atoms with Crippen LogP contribution in [0.25, 0.3) is 0 Å². The lowest BCUT2D eigenvalue weighted by Crippen LogP contribution is -2.09. The van der Waals surface area contributed by atoms with Crippen molar-refractivity contribution in [2.45, 2.75) is 45.4 Å². The molecule has 0 aliphatic carbocycles. The minimum Gasteiger partial charge on any atom is -0.478 e. The molecule has 0 atom stereocenters. The van der Waals surface area contributed by atoms with E-state index in [1.54, 1.807) is 18.3 Å². The van der Waals surface area contributed by atoms with Gasteiger partial charge in [-0.15, -0.1) is 0 Å². The first kappa shape index (κ1) is 14.5. The number of pyridine rings is 1. The van der Waals surface area contributed by atoms with E-state index in [1.807, 2.05) is 0 Å². The summed E-state index contributed by atoms with van der Waals surface area (Å²) in [5.74, 6) is -0.466. The third-order valence-electron chi connectivity index (χ3n) is 2.86. The van der Waals surface area contributed by atoms with E-state index in [-0.39, 0.29) is 5.56 Å². The fourth-order valence-electron chi connectivity index (χ4n) is 1.83. The van der Waals surface area contributed by atoms with Gasteiger partial charge in [-0.1, -0.05) is 39.0 Å². The molecule has 0 bridgehead atoms. The molecule has 0 spiro atoms. The van der Waals surface area contributed by atoms with Crippen LogP contribution in [0.4, 0.5) is 5.82 Å². The first-order valence-corrected chi connectivity index (χ1v) is 6.68. The molecule has 0 aliphatic heterocycles. The number of rotatable bonds is 9. The number of anilines is 1. The van der Waals surface area contributed by atoms with E-state index >= 15 is 0 Å². The number of carboxylic acid groups (broad SMARTS) is 1. The Labute approximate surface area is 108 Å². The van der Waals surface area contributed by atoms with Crippen LogP contribution in [0.2, 0.25) is 0 Å². The number of nitrogens with one attached hydrogen (secondary N) is 1. The van der Waals surface area contributed by atoms with E-state index in [9.17, 15) is 4.79 Å². The van der Waals surface area contributed by atoms with E-state index in [0.717, 1.165) is 13.0 Å². The number of hydrogen-bond acceptors (Lipinski definition) is 3. The maximum absolute atomic E-state index is 10.9. The third kappa shape index (κ3) is 5.17. The molecule has 100 valence electrons. The SMILES string of the molecule is CCCCCCCCNc1ncccc1C(=O)O. The average molecular weight is 250 g/mol. The zero-order chi connectivity index (χ0) is 13.2. The molecule has 0 saturated carbocycles. The molecule has 18 heavy (non-hydrogen) atoms. The van der Waals surface area contributed by atoms with Crippen LogP contribution in [-0.2, 0) is 0 Å². The van der Waals surface area contributed by atoms with E-state index in [1.165, 1.54) is 32.1 Å². The summed E-state index contributed by atoms with van der Waals surface area (Å²) in [5.41, 5.74) is 0.239. The third-order valence-corrected chi connectivity index (χ3v) is 2.86. The van der Waals surface area contributed by atoms with Crippen molar-refractivity contribution in [3.05, 3.63) is 23.9 Å². The predicted octanol–water partition coefficient (Wildman–Crippen LogP) is 3.55. The second-order valence-electron chi connectivity index (χ2n) is 4.40. The highest BCUT2D eigenvalue weighted by atomic mass is 16.4. The van der Waals surface area contributed by atoms with Gasteiger partial charge in [0.25, 0.3) is 0 Å². The summed E-state index contributed by atoms with van der Waals surface area (Å²) >= 11 is 0. The Morgan fingerprint density at radius 1 is 1.28 bits per heavy atom. The Morgan fingerprint density at radius 3 is 2.72 bits per heavy atom. The lowest BCUT2D eigenvalue weighted by molar-refractivity contribution is 0.0697. The molecule has 0 fully saturated rings. The fourth-order valence-corrected chi connectivity index (χ4v) is 1.83. The summed E-state index contributed by atoms with van der Waals surface area (Å²) in [6.07, 6.45) is 8.95. The molecular formula is C14H22N2O2. The van der Waals surface area contributed by atoms with Crippen molar-refractivity contribution in [1.29, 1.82) is 0 Å². The number of carbonyl (C=O) groups is 1. The number of unbranched alkanes of at least 4 members (excludes halogenated alkanes) is 5. The summed E-state index contributed by atoms with van der Waals surface area (Å²) in [5, 5.41) is 12.1. The van der Waals surface area contributed by atoms with Gasteiger partial charge in [-0.2, -0.15) is 0 Å². The molecule has 2 N–H and O–H groups in total. The van der Waals surface area contributed by atoms with Gasteiger partial charge in [-0.3, -0.25) is 0 Å². The van der Waals surface area contributed by atoms with Gasteiger partial charge in [-0.25, -0.2) is 9.78 Å². The van der Waals surface area contributed by atoms with Crippen LogP contribution >= 0.6 is 0 Å². The minimum absolute atomic E-state index is 0.239. The smallest absolute Gasteiger partial charge is 0.339 e. The molecule has 0 amide bonds. The Hall–Kier alpha value is -1.58. The summed E-state index contributed by atoms with van der Waals surface area (Å²) in [4.78, 5) is 15.0. The Balaban J connectivity index is 2.25. The van der Waals surface area contributed by atoms with Crippen LogP contribution in [0.15, 0.2) is 18.3 Å². The molecule has 4 heteroatoms. The van der Waals surface area contributed by atoms with Gasteiger partial charge in [-0.05, 0) is 18.6 Å². The van der Waals surface area contributed by atoms with Gasteiger partial charge < -0.3 is 10.4 Å². The number of carboxylic acids is 1. The standard InChI is InChI=1S/C14H22N2O2/c1-2-3-4-5-6-7-10-15-13-12(14(17)18)9-8-11-16-13/h8-9,11H,2-7,10H2,1H3,(H,15,16)(H,17,18). The molecule has 0 radical (unpaired) electrons. The van der Waals surface area contributed by atoms with Crippen LogP contribution in [0.3, 0.4) is 0 Å². The van der Waals surface area contributed by atoms with E-state index in [0.29, 0.717) is 5.82 Å². The van der Waals surface area contributed by atoms with Crippen molar-refractivity contribution in [3.63, 3.8) is 0 Å². The summed E-state index contributed by atoms with van der Waals surface area (Å²) < 4.78 is 0. The van der Waals surface area contributed by atoms with Crippen molar-refractivity contribution in [2.24, 2.45) is 0 Å².